The van der Waals surface area contributed by atoms with Crippen LogP contribution in [0.4, 0.5) is 0 Å². The average molecular weight is 303 g/mol. The highest BCUT2D eigenvalue weighted by molar-refractivity contribution is 5.99. The first-order chi connectivity index (χ1) is 10.6. The molecule has 0 aromatic carbocycles. The molecule has 2 fully saturated rings. The number of aldehydes is 1. The van der Waals surface area contributed by atoms with E-state index >= 15 is 0 Å². The maximum atomic E-state index is 13.0. The number of carbonyl (C=O) groups excluding carboxylic acids is 2. The average Bonchev–Trinajstić information content (AvgIpc) is 3.21. The first kappa shape index (κ1) is 15.3. The highest BCUT2D eigenvalue weighted by Crippen LogP contribution is 2.26. The number of hydrogen-bond acceptors (Lipinski definition) is 3. The molecular weight excluding hydrogens is 278 g/mol. The van der Waals surface area contributed by atoms with Crippen LogP contribution in [0.5, 0.6) is 0 Å². The third kappa shape index (κ3) is 2.70. The van der Waals surface area contributed by atoms with Crippen molar-refractivity contribution >= 4 is 12.2 Å². The molecule has 5 nitrogen and oxygen atoms in total. The lowest BCUT2D eigenvalue weighted by atomic mass is 10.1. The molecule has 0 unspecified atom stereocenters. The number of nitrogens with one attached hydrogen (secondary N) is 1. The van der Waals surface area contributed by atoms with Gasteiger partial charge in [-0.15, -0.1) is 0 Å². The Bertz CT molecular complexity index is 573. The summed E-state index contributed by atoms with van der Waals surface area (Å²) in [5.41, 5.74) is 2.80. The van der Waals surface area contributed by atoms with Gasteiger partial charge >= 0.3 is 0 Å². The van der Waals surface area contributed by atoms with Crippen molar-refractivity contribution in [2.75, 3.05) is 26.2 Å². The second-order valence-electron chi connectivity index (χ2n) is 6.58. The molecule has 3 heterocycles. The number of likely N-dealkylation sites (tertiary alicyclic amines) is 2. The van der Waals surface area contributed by atoms with E-state index in [4.69, 9.17) is 0 Å². The zero-order valence-electron chi connectivity index (χ0n) is 13.5. The Hall–Kier alpha value is -1.62. The lowest BCUT2D eigenvalue weighted by Gasteiger charge is -2.28. The van der Waals surface area contributed by atoms with E-state index in [2.05, 4.69) is 9.88 Å². The van der Waals surface area contributed by atoms with Crippen molar-refractivity contribution < 1.29 is 9.59 Å². The number of aryl methyl sites for hydroxylation is 1. The fourth-order valence-electron chi connectivity index (χ4n) is 3.91. The summed E-state index contributed by atoms with van der Waals surface area (Å²) < 4.78 is 0. The molecule has 1 N–H and O–H groups in total. The summed E-state index contributed by atoms with van der Waals surface area (Å²) in [6.45, 7) is 7.88. The van der Waals surface area contributed by atoms with Crippen molar-refractivity contribution in [3.8, 4) is 0 Å². The van der Waals surface area contributed by atoms with Crippen LogP contribution in [-0.2, 0) is 0 Å². The van der Waals surface area contributed by atoms with E-state index in [1.165, 1.54) is 12.8 Å². The Labute approximate surface area is 131 Å². The van der Waals surface area contributed by atoms with Crippen molar-refractivity contribution in [1.82, 2.24) is 14.8 Å². The summed E-state index contributed by atoms with van der Waals surface area (Å²) in [5, 5.41) is 0. The Kier molecular flexibility index (Phi) is 4.34. The van der Waals surface area contributed by atoms with Gasteiger partial charge in [-0.25, -0.2) is 0 Å². The molecule has 2 saturated heterocycles. The molecule has 0 bridgehead atoms. The van der Waals surface area contributed by atoms with Crippen LogP contribution >= 0.6 is 0 Å². The van der Waals surface area contributed by atoms with Crippen LogP contribution in [0.1, 0.15) is 57.8 Å². The number of aromatic amines is 1. The van der Waals surface area contributed by atoms with E-state index in [1.807, 2.05) is 18.7 Å². The number of amides is 1. The van der Waals surface area contributed by atoms with Crippen molar-refractivity contribution in [1.29, 1.82) is 0 Å². The first-order valence-corrected chi connectivity index (χ1v) is 8.29. The largest absolute Gasteiger partial charge is 0.356 e. The van der Waals surface area contributed by atoms with Crippen LogP contribution < -0.4 is 0 Å². The first-order valence-electron chi connectivity index (χ1n) is 8.29. The molecule has 3 rings (SSSR count). The Morgan fingerprint density at radius 3 is 2.59 bits per heavy atom. The van der Waals surface area contributed by atoms with Gasteiger partial charge < -0.3 is 14.8 Å². The SMILES string of the molecule is Cc1[nH]c(C=O)c(C)c1C(=O)N1CCC[C@@H]1CN1CCCC1. The van der Waals surface area contributed by atoms with Crippen LogP contribution in [0.3, 0.4) is 0 Å². The van der Waals surface area contributed by atoms with Crippen molar-refractivity contribution in [3.05, 3.63) is 22.5 Å². The standard InChI is InChI=1S/C17H25N3O2/c1-12-15(11-21)18-13(2)16(12)17(22)20-9-5-6-14(20)10-19-7-3-4-8-19/h11,14,18H,3-10H2,1-2H3/t14-/m1/s1. The van der Waals surface area contributed by atoms with E-state index in [-0.39, 0.29) is 5.91 Å². The molecule has 0 saturated carbocycles. The molecule has 0 radical (unpaired) electrons. The van der Waals surface area contributed by atoms with Gasteiger partial charge in [0.2, 0.25) is 0 Å². The van der Waals surface area contributed by atoms with Crippen LogP contribution in [0.25, 0.3) is 0 Å². The zero-order chi connectivity index (χ0) is 15.7. The second-order valence-corrected chi connectivity index (χ2v) is 6.58. The van der Waals surface area contributed by atoms with E-state index in [0.717, 1.165) is 56.6 Å². The predicted molar refractivity (Wildman–Crippen MR) is 85.4 cm³/mol. The van der Waals surface area contributed by atoms with Gasteiger partial charge in [0.05, 0.1) is 11.3 Å². The minimum absolute atomic E-state index is 0.0843. The highest BCUT2D eigenvalue weighted by atomic mass is 16.2. The van der Waals surface area contributed by atoms with Crippen molar-refractivity contribution in [2.24, 2.45) is 0 Å². The Balaban J connectivity index is 1.78. The Morgan fingerprint density at radius 1 is 1.23 bits per heavy atom. The summed E-state index contributed by atoms with van der Waals surface area (Å²) in [7, 11) is 0. The normalized spacial score (nSPS) is 22.5. The van der Waals surface area contributed by atoms with E-state index in [0.29, 0.717) is 17.3 Å². The highest BCUT2D eigenvalue weighted by Gasteiger charge is 2.33. The lowest BCUT2D eigenvalue weighted by Crippen LogP contribution is -2.42. The maximum Gasteiger partial charge on any atom is 0.256 e. The van der Waals surface area contributed by atoms with Gasteiger partial charge in [0, 0.05) is 24.8 Å². The zero-order valence-corrected chi connectivity index (χ0v) is 13.5. The number of H-pyrrole nitrogens is 1. The molecule has 0 spiro atoms. The summed E-state index contributed by atoms with van der Waals surface area (Å²) >= 11 is 0. The second kappa shape index (κ2) is 6.24. The smallest absolute Gasteiger partial charge is 0.256 e. The fraction of sp³-hybridized carbons (Fsp3) is 0.647. The molecule has 1 aromatic rings. The summed E-state index contributed by atoms with van der Waals surface area (Å²) in [5.74, 6) is 0.0843. The fourth-order valence-corrected chi connectivity index (χ4v) is 3.91. The van der Waals surface area contributed by atoms with Crippen LogP contribution in [0.2, 0.25) is 0 Å². The summed E-state index contributed by atoms with van der Waals surface area (Å²) in [6.07, 6.45) is 5.52. The van der Waals surface area contributed by atoms with Crippen molar-refractivity contribution in [2.45, 2.75) is 45.6 Å². The van der Waals surface area contributed by atoms with Gasteiger partial charge in [0.1, 0.15) is 0 Å². The topological polar surface area (TPSA) is 56.4 Å². The third-order valence-electron chi connectivity index (χ3n) is 5.11. The van der Waals surface area contributed by atoms with E-state index < -0.39 is 0 Å². The molecule has 2 aliphatic rings. The maximum absolute atomic E-state index is 13.0. The van der Waals surface area contributed by atoms with E-state index in [1.54, 1.807) is 0 Å². The van der Waals surface area contributed by atoms with Crippen LogP contribution in [-0.4, -0.2) is 59.2 Å². The molecule has 1 amide bonds. The third-order valence-corrected chi connectivity index (χ3v) is 5.11. The lowest BCUT2D eigenvalue weighted by molar-refractivity contribution is 0.0707. The Morgan fingerprint density at radius 2 is 1.95 bits per heavy atom. The molecule has 0 aliphatic carbocycles. The minimum atomic E-state index is 0.0843. The van der Waals surface area contributed by atoms with Gasteiger partial charge in [-0.1, -0.05) is 0 Å². The molecule has 1 aromatic heterocycles. The monoisotopic (exact) mass is 303 g/mol. The van der Waals surface area contributed by atoms with Gasteiger partial charge in [-0.3, -0.25) is 9.59 Å². The molecular formula is C17H25N3O2. The summed E-state index contributed by atoms with van der Waals surface area (Å²) in [6, 6.07) is 0.319. The van der Waals surface area contributed by atoms with Gasteiger partial charge in [0.15, 0.2) is 6.29 Å². The molecule has 2 aliphatic heterocycles. The molecule has 1 atom stereocenters. The quantitative estimate of drug-likeness (QED) is 0.867. The number of rotatable bonds is 4. The van der Waals surface area contributed by atoms with Gasteiger partial charge in [-0.05, 0) is 58.2 Å². The molecule has 22 heavy (non-hydrogen) atoms. The van der Waals surface area contributed by atoms with Crippen LogP contribution in [0.15, 0.2) is 0 Å². The minimum Gasteiger partial charge on any atom is -0.356 e. The van der Waals surface area contributed by atoms with Crippen LogP contribution in [0, 0.1) is 13.8 Å². The number of aromatic nitrogens is 1. The van der Waals surface area contributed by atoms with E-state index in [9.17, 15) is 9.59 Å². The predicted octanol–water partition coefficient (Wildman–Crippen LogP) is 2.14. The molecule has 5 heteroatoms. The molecule has 120 valence electrons. The van der Waals surface area contributed by atoms with Gasteiger partial charge in [0.25, 0.3) is 5.91 Å². The number of nitrogens with zero attached hydrogens (tertiary/aromatic N) is 2. The van der Waals surface area contributed by atoms with Gasteiger partial charge in [-0.2, -0.15) is 0 Å². The number of carbonyl (C=O) groups is 2. The summed E-state index contributed by atoms with van der Waals surface area (Å²) in [4.78, 5) is 31.6. The number of hydrogen-bond donors (Lipinski definition) is 1. The van der Waals surface area contributed by atoms with Crippen molar-refractivity contribution in [3.63, 3.8) is 0 Å².